The zero-order valence-electron chi connectivity index (χ0n) is 10.2. The van der Waals surface area contributed by atoms with E-state index < -0.39 is 6.23 Å². The van der Waals surface area contributed by atoms with E-state index in [-0.39, 0.29) is 5.91 Å². The number of nitrogens with one attached hydrogen (secondary N) is 1. The number of aliphatic hydroxyl groups is 1. The lowest BCUT2D eigenvalue weighted by Crippen LogP contribution is -2.52. The van der Waals surface area contributed by atoms with E-state index in [9.17, 15) is 9.90 Å². The summed E-state index contributed by atoms with van der Waals surface area (Å²) in [6.07, 6.45) is -0.613. The van der Waals surface area contributed by atoms with Crippen molar-refractivity contribution in [3.05, 3.63) is 34.9 Å². The molecule has 0 spiro atoms. The molecule has 17 heavy (non-hydrogen) atoms. The summed E-state index contributed by atoms with van der Waals surface area (Å²) in [6, 6.07) is 5.74. The first-order valence-electron chi connectivity index (χ1n) is 5.86. The maximum Gasteiger partial charge on any atom is 0.254 e. The Kier molecular flexibility index (Phi) is 3.45. The van der Waals surface area contributed by atoms with Gasteiger partial charge < -0.3 is 10.0 Å². The maximum atomic E-state index is 12.3. The normalized spacial score (nSPS) is 20.4. The topological polar surface area (TPSA) is 52.6 Å². The summed E-state index contributed by atoms with van der Waals surface area (Å²) in [5.41, 5.74) is 2.87. The molecule has 0 bridgehead atoms. The number of hydrogen-bond acceptors (Lipinski definition) is 3. The van der Waals surface area contributed by atoms with Crippen molar-refractivity contribution in [2.45, 2.75) is 20.1 Å². The SMILES string of the molecule is Cc1cccc(C(=O)N2CCNC(O)C2)c1C. The quantitative estimate of drug-likeness (QED) is 0.751. The Bertz CT molecular complexity index is 431. The molecule has 2 rings (SSSR count). The fourth-order valence-corrected chi connectivity index (χ4v) is 2.07. The Morgan fingerprint density at radius 3 is 2.94 bits per heavy atom. The molecule has 1 saturated heterocycles. The first kappa shape index (κ1) is 12.1. The average Bonchev–Trinajstić information content (AvgIpc) is 2.32. The van der Waals surface area contributed by atoms with Gasteiger partial charge in [0.25, 0.3) is 5.91 Å². The van der Waals surface area contributed by atoms with E-state index in [1.54, 1.807) is 4.90 Å². The monoisotopic (exact) mass is 234 g/mol. The smallest absolute Gasteiger partial charge is 0.254 e. The van der Waals surface area contributed by atoms with E-state index >= 15 is 0 Å². The molecule has 0 radical (unpaired) electrons. The van der Waals surface area contributed by atoms with Crippen molar-refractivity contribution in [3.8, 4) is 0 Å². The summed E-state index contributed by atoms with van der Waals surface area (Å²) in [5.74, 6) is 0.00625. The van der Waals surface area contributed by atoms with Crippen LogP contribution in [0.15, 0.2) is 18.2 Å². The number of carbonyl (C=O) groups is 1. The number of nitrogens with zero attached hydrogens (tertiary/aromatic N) is 1. The van der Waals surface area contributed by atoms with Gasteiger partial charge in [0.05, 0.1) is 6.54 Å². The number of amides is 1. The molecule has 0 saturated carbocycles. The number of aryl methyl sites for hydroxylation is 1. The molecule has 1 atom stereocenters. The zero-order chi connectivity index (χ0) is 12.4. The fourth-order valence-electron chi connectivity index (χ4n) is 2.07. The standard InChI is InChI=1S/C13H18N2O2/c1-9-4-3-5-11(10(9)2)13(17)15-7-6-14-12(16)8-15/h3-5,12,14,16H,6-8H2,1-2H3. The van der Waals surface area contributed by atoms with Crippen LogP contribution in [0.5, 0.6) is 0 Å². The molecule has 0 aliphatic carbocycles. The van der Waals surface area contributed by atoms with Crippen LogP contribution in [0.1, 0.15) is 21.5 Å². The van der Waals surface area contributed by atoms with Crippen LogP contribution in [0.25, 0.3) is 0 Å². The van der Waals surface area contributed by atoms with Gasteiger partial charge in [-0.3, -0.25) is 10.1 Å². The molecule has 1 aliphatic heterocycles. The van der Waals surface area contributed by atoms with Crippen LogP contribution in [0, 0.1) is 13.8 Å². The molecular formula is C13H18N2O2. The fraction of sp³-hybridized carbons (Fsp3) is 0.462. The minimum absolute atomic E-state index is 0.00625. The highest BCUT2D eigenvalue weighted by molar-refractivity contribution is 5.96. The van der Waals surface area contributed by atoms with Crippen molar-refractivity contribution >= 4 is 5.91 Å². The van der Waals surface area contributed by atoms with E-state index in [0.717, 1.165) is 16.7 Å². The van der Waals surface area contributed by atoms with Crippen LogP contribution >= 0.6 is 0 Å². The summed E-state index contributed by atoms with van der Waals surface area (Å²) < 4.78 is 0. The lowest BCUT2D eigenvalue weighted by atomic mass is 10.0. The Labute approximate surface area is 101 Å². The number of β-amino-alcohol motifs (C(OH)–C–C–N with tert-alkyl or cyclic N) is 1. The van der Waals surface area contributed by atoms with Gasteiger partial charge in [-0.25, -0.2) is 0 Å². The summed E-state index contributed by atoms with van der Waals surface area (Å²) in [5, 5.41) is 12.4. The molecule has 2 N–H and O–H groups in total. The van der Waals surface area contributed by atoms with Crippen LogP contribution in [-0.2, 0) is 0 Å². The first-order valence-corrected chi connectivity index (χ1v) is 5.86. The number of benzene rings is 1. The van der Waals surface area contributed by atoms with Crippen molar-refractivity contribution in [1.82, 2.24) is 10.2 Å². The van der Waals surface area contributed by atoms with Gasteiger partial charge in [-0.05, 0) is 31.0 Å². The molecule has 1 unspecified atom stereocenters. The summed E-state index contributed by atoms with van der Waals surface area (Å²) in [4.78, 5) is 14.0. The number of carbonyl (C=O) groups excluding carboxylic acids is 1. The summed E-state index contributed by atoms with van der Waals surface area (Å²) >= 11 is 0. The molecule has 1 aromatic rings. The average molecular weight is 234 g/mol. The van der Waals surface area contributed by atoms with E-state index in [4.69, 9.17) is 0 Å². The van der Waals surface area contributed by atoms with E-state index in [0.29, 0.717) is 19.6 Å². The third kappa shape index (κ3) is 2.48. The Balaban J connectivity index is 2.22. The molecule has 0 aromatic heterocycles. The van der Waals surface area contributed by atoms with Crippen molar-refractivity contribution in [3.63, 3.8) is 0 Å². The molecule has 1 aromatic carbocycles. The number of aliphatic hydroxyl groups excluding tert-OH is 1. The van der Waals surface area contributed by atoms with Gasteiger partial charge in [0.15, 0.2) is 0 Å². The summed E-state index contributed by atoms with van der Waals surface area (Å²) in [6.45, 7) is 5.59. The van der Waals surface area contributed by atoms with Crippen LogP contribution in [0.4, 0.5) is 0 Å². The van der Waals surface area contributed by atoms with Gasteiger partial charge in [-0.2, -0.15) is 0 Å². The van der Waals surface area contributed by atoms with E-state index in [1.807, 2.05) is 32.0 Å². The Morgan fingerprint density at radius 1 is 1.47 bits per heavy atom. The predicted molar refractivity (Wildman–Crippen MR) is 65.8 cm³/mol. The highest BCUT2D eigenvalue weighted by Crippen LogP contribution is 2.15. The largest absolute Gasteiger partial charge is 0.377 e. The minimum atomic E-state index is -0.613. The molecular weight excluding hydrogens is 216 g/mol. The van der Waals surface area contributed by atoms with E-state index in [2.05, 4.69) is 5.32 Å². The number of rotatable bonds is 1. The molecule has 1 amide bonds. The van der Waals surface area contributed by atoms with Crippen LogP contribution in [0.2, 0.25) is 0 Å². The van der Waals surface area contributed by atoms with Crippen molar-refractivity contribution in [2.75, 3.05) is 19.6 Å². The van der Waals surface area contributed by atoms with Crippen molar-refractivity contribution < 1.29 is 9.90 Å². The second-order valence-corrected chi connectivity index (χ2v) is 4.47. The maximum absolute atomic E-state index is 12.3. The highest BCUT2D eigenvalue weighted by atomic mass is 16.3. The van der Waals surface area contributed by atoms with Crippen LogP contribution in [-0.4, -0.2) is 41.8 Å². The van der Waals surface area contributed by atoms with Crippen molar-refractivity contribution in [1.29, 1.82) is 0 Å². The third-order valence-electron chi connectivity index (χ3n) is 3.28. The van der Waals surface area contributed by atoms with Gasteiger partial charge in [0.2, 0.25) is 0 Å². The predicted octanol–water partition coefficient (Wildman–Crippen LogP) is 0.667. The molecule has 1 aliphatic rings. The second kappa shape index (κ2) is 4.85. The van der Waals surface area contributed by atoms with Gasteiger partial charge >= 0.3 is 0 Å². The van der Waals surface area contributed by atoms with Gasteiger partial charge in [-0.15, -0.1) is 0 Å². The molecule has 1 heterocycles. The van der Waals surface area contributed by atoms with Gasteiger partial charge in [-0.1, -0.05) is 12.1 Å². The lowest BCUT2D eigenvalue weighted by Gasteiger charge is -2.31. The van der Waals surface area contributed by atoms with Gasteiger partial charge in [0.1, 0.15) is 6.23 Å². The summed E-state index contributed by atoms with van der Waals surface area (Å²) in [7, 11) is 0. The Morgan fingerprint density at radius 2 is 2.24 bits per heavy atom. The van der Waals surface area contributed by atoms with Crippen LogP contribution < -0.4 is 5.32 Å². The number of hydrogen-bond donors (Lipinski definition) is 2. The molecule has 92 valence electrons. The molecule has 4 heteroatoms. The number of piperazine rings is 1. The Hall–Kier alpha value is -1.39. The van der Waals surface area contributed by atoms with E-state index in [1.165, 1.54) is 0 Å². The first-order chi connectivity index (χ1) is 8.09. The molecule has 4 nitrogen and oxygen atoms in total. The zero-order valence-corrected chi connectivity index (χ0v) is 10.2. The minimum Gasteiger partial charge on any atom is -0.377 e. The lowest BCUT2D eigenvalue weighted by molar-refractivity contribution is 0.0400. The van der Waals surface area contributed by atoms with Crippen molar-refractivity contribution in [2.24, 2.45) is 0 Å². The molecule has 1 fully saturated rings. The van der Waals surface area contributed by atoms with Crippen LogP contribution in [0.3, 0.4) is 0 Å². The van der Waals surface area contributed by atoms with Gasteiger partial charge in [0, 0.05) is 18.7 Å². The third-order valence-corrected chi connectivity index (χ3v) is 3.28. The second-order valence-electron chi connectivity index (χ2n) is 4.47. The highest BCUT2D eigenvalue weighted by Gasteiger charge is 2.23.